The second-order valence-corrected chi connectivity index (χ2v) is 10.6. The molecule has 0 radical (unpaired) electrons. The Morgan fingerprint density at radius 2 is 1.97 bits per heavy atom. The number of nitrogens with one attached hydrogen (secondary N) is 1. The summed E-state index contributed by atoms with van der Waals surface area (Å²) in [6.07, 6.45) is 1.01. The van der Waals surface area contributed by atoms with Crippen molar-refractivity contribution in [3.63, 3.8) is 0 Å². The summed E-state index contributed by atoms with van der Waals surface area (Å²) in [6.45, 7) is 2.14. The van der Waals surface area contributed by atoms with Gasteiger partial charge in [-0.2, -0.15) is 0 Å². The van der Waals surface area contributed by atoms with Crippen LogP contribution < -0.4 is 14.8 Å². The number of hydrogen-bond donors (Lipinski definition) is 2. The second kappa shape index (κ2) is 9.80. The standard InChI is InChI=1S/C26H22FN5O4S2/c1-13-19(29-24(37-13)15-6-4-14(5-7-15)23(33)28-2)12-35-20-8-16(27)9-21-17(20)10-22(36-21)18-11-32-25(30-18)38-26(31-32)34-3/h4-11,23,28,33H,12H2,1-3H3. The van der Waals surface area contributed by atoms with Crippen LogP contribution in [0.25, 0.3) is 38.0 Å². The highest BCUT2D eigenvalue weighted by atomic mass is 32.1. The number of thiazole rings is 1. The summed E-state index contributed by atoms with van der Waals surface area (Å²) in [4.78, 5) is 10.9. The third-order valence-corrected chi connectivity index (χ3v) is 7.97. The summed E-state index contributed by atoms with van der Waals surface area (Å²) in [5.74, 6) is 0.367. The van der Waals surface area contributed by atoms with E-state index in [1.807, 2.05) is 31.2 Å². The Balaban J connectivity index is 1.25. The Kier molecular flexibility index (Phi) is 6.32. The molecule has 4 aromatic heterocycles. The van der Waals surface area contributed by atoms with Crippen molar-refractivity contribution in [2.75, 3.05) is 14.2 Å². The molecule has 0 saturated carbocycles. The number of fused-ring (bicyclic) bond motifs is 2. The van der Waals surface area contributed by atoms with E-state index in [4.69, 9.17) is 18.9 Å². The molecule has 2 N–H and O–H groups in total. The maximum absolute atomic E-state index is 14.4. The predicted octanol–water partition coefficient (Wildman–Crippen LogP) is 5.57. The number of aliphatic hydroxyl groups excluding tert-OH is 1. The Bertz CT molecular complexity index is 1720. The average molecular weight is 552 g/mol. The van der Waals surface area contributed by atoms with Gasteiger partial charge in [-0.25, -0.2) is 18.9 Å². The third-order valence-electron chi connectivity index (χ3n) is 6.02. The van der Waals surface area contributed by atoms with E-state index in [0.29, 0.717) is 38.3 Å². The van der Waals surface area contributed by atoms with Crippen LogP contribution in [0.4, 0.5) is 4.39 Å². The fourth-order valence-electron chi connectivity index (χ4n) is 4.01. The van der Waals surface area contributed by atoms with Crippen molar-refractivity contribution in [3.05, 3.63) is 70.6 Å². The molecule has 9 nitrogen and oxygen atoms in total. The number of ether oxygens (including phenoxy) is 2. The van der Waals surface area contributed by atoms with Crippen LogP contribution in [0.5, 0.6) is 10.9 Å². The number of aromatic nitrogens is 4. The molecule has 38 heavy (non-hydrogen) atoms. The number of imidazole rings is 1. The monoisotopic (exact) mass is 551 g/mol. The maximum atomic E-state index is 14.4. The molecule has 0 amide bonds. The van der Waals surface area contributed by atoms with Crippen LogP contribution >= 0.6 is 22.7 Å². The lowest BCUT2D eigenvalue weighted by Crippen LogP contribution is -2.14. The lowest BCUT2D eigenvalue weighted by molar-refractivity contribution is 0.149. The molecule has 12 heteroatoms. The number of aliphatic hydroxyl groups is 1. The molecule has 0 aliphatic rings. The van der Waals surface area contributed by atoms with Crippen molar-refractivity contribution in [3.8, 4) is 33.0 Å². The Morgan fingerprint density at radius 3 is 2.71 bits per heavy atom. The highest BCUT2D eigenvalue weighted by Crippen LogP contribution is 2.36. The zero-order valence-electron chi connectivity index (χ0n) is 20.6. The number of aryl methyl sites for hydroxylation is 1. The maximum Gasteiger partial charge on any atom is 0.294 e. The predicted molar refractivity (Wildman–Crippen MR) is 143 cm³/mol. The first-order chi connectivity index (χ1) is 18.4. The van der Waals surface area contributed by atoms with Gasteiger partial charge in [0.1, 0.15) is 40.7 Å². The van der Waals surface area contributed by atoms with Crippen molar-refractivity contribution in [2.45, 2.75) is 19.8 Å². The van der Waals surface area contributed by atoms with Gasteiger partial charge in [0, 0.05) is 22.6 Å². The van der Waals surface area contributed by atoms with Crippen molar-refractivity contribution in [2.24, 2.45) is 0 Å². The molecule has 1 atom stereocenters. The molecule has 0 saturated heterocycles. The lowest BCUT2D eigenvalue weighted by Gasteiger charge is -2.09. The van der Waals surface area contributed by atoms with Gasteiger partial charge in [0.15, 0.2) is 5.76 Å². The Morgan fingerprint density at radius 1 is 1.16 bits per heavy atom. The SMILES string of the molecule is CNC(O)c1ccc(-c2nc(COc3cc(F)cc4oc(-c5cn6nc(OC)sc6n5)cc34)c(C)s2)cc1. The molecule has 1 unspecified atom stereocenters. The highest BCUT2D eigenvalue weighted by Gasteiger charge is 2.18. The van der Waals surface area contributed by atoms with Gasteiger partial charge in [0.05, 0.1) is 24.4 Å². The minimum absolute atomic E-state index is 0.169. The number of methoxy groups -OCH3 is 1. The van der Waals surface area contributed by atoms with Crippen molar-refractivity contribution in [1.29, 1.82) is 0 Å². The third kappa shape index (κ3) is 4.52. The zero-order chi connectivity index (χ0) is 26.4. The molecule has 194 valence electrons. The summed E-state index contributed by atoms with van der Waals surface area (Å²) in [7, 11) is 3.25. The first-order valence-electron chi connectivity index (χ1n) is 11.6. The quantitative estimate of drug-likeness (QED) is 0.236. The molecule has 4 heterocycles. The van der Waals surface area contributed by atoms with Gasteiger partial charge >= 0.3 is 0 Å². The Labute approximate surface area is 224 Å². The largest absolute Gasteiger partial charge is 0.486 e. The van der Waals surface area contributed by atoms with Crippen LogP contribution in [-0.2, 0) is 6.61 Å². The first-order valence-corrected chi connectivity index (χ1v) is 13.2. The van der Waals surface area contributed by atoms with E-state index in [2.05, 4.69) is 15.4 Å². The van der Waals surface area contributed by atoms with E-state index >= 15 is 0 Å². The molecule has 0 spiro atoms. The van der Waals surface area contributed by atoms with Gasteiger partial charge in [-0.1, -0.05) is 24.3 Å². The second-order valence-electron chi connectivity index (χ2n) is 8.48. The first kappa shape index (κ1) is 24.5. The Hall–Kier alpha value is -3.84. The highest BCUT2D eigenvalue weighted by molar-refractivity contribution is 7.18. The minimum Gasteiger partial charge on any atom is -0.486 e. The van der Waals surface area contributed by atoms with Gasteiger partial charge in [0.25, 0.3) is 5.19 Å². The molecular formula is C26H22FN5O4S2. The van der Waals surface area contributed by atoms with Crippen LogP contribution in [0.1, 0.15) is 22.4 Å². The number of furan rings is 1. The topological polar surface area (TPSA) is 107 Å². The average Bonchev–Trinajstić information content (AvgIpc) is 3.68. The summed E-state index contributed by atoms with van der Waals surface area (Å²) in [5, 5.41) is 19.0. The molecule has 6 aromatic rings. The normalized spacial score (nSPS) is 12.4. The minimum atomic E-state index is -0.719. The summed E-state index contributed by atoms with van der Waals surface area (Å²) in [6, 6.07) is 12.0. The van der Waals surface area contributed by atoms with Crippen molar-refractivity contribution in [1.82, 2.24) is 24.9 Å². The molecule has 0 aliphatic carbocycles. The molecule has 0 fully saturated rings. The lowest BCUT2D eigenvalue weighted by atomic mass is 10.1. The molecule has 6 rings (SSSR count). The van der Waals surface area contributed by atoms with E-state index in [0.717, 1.165) is 26.7 Å². The van der Waals surface area contributed by atoms with Crippen LogP contribution in [0.3, 0.4) is 0 Å². The number of nitrogens with zero attached hydrogens (tertiary/aromatic N) is 4. The van der Waals surface area contributed by atoms with Gasteiger partial charge in [-0.3, -0.25) is 5.32 Å². The van der Waals surface area contributed by atoms with E-state index in [9.17, 15) is 9.50 Å². The molecule has 0 bridgehead atoms. The van der Waals surface area contributed by atoms with E-state index in [1.165, 1.54) is 23.5 Å². The molecular weight excluding hydrogens is 529 g/mol. The van der Waals surface area contributed by atoms with Gasteiger partial charge in [-0.05, 0) is 36.9 Å². The van der Waals surface area contributed by atoms with Gasteiger partial charge in [-0.15, -0.1) is 16.4 Å². The summed E-state index contributed by atoms with van der Waals surface area (Å²) < 4.78 is 33.2. The van der Waals surface area contributed by atoms with Crippen LogP contribution in [-0.4, -0.2) is 38.8 Å². The fraction of sp³-hybridized carbons (Fsp3) is 0.192. The van der Waals surface area contributed by atoms with Gasteiger partial charge in [0.2, 0.25) is 4.96 Å². The van der Waals surface area contributed by atoms with E-state index in [-0.39, 0.29) is 6.61 Å². The van der Waals surface area contributed by atoms with Crippen LogP contribution in [0.15, 0.2) is 53.1 Å². The smallest absolute Gasteiger partial charge is 0.294 e. The number of halogens is 1. The summed E-state index contributed by atoms with van der Waals surface area (Å²) >= 11 is 2.86. The fourth-order valence-corrected chi connectivity index (χ4v) is 5.63. The van der Waals surface area contributed by atoms with Crippen molar-refractivity contribution >= 4 is 38.6 Å². The van der Waals surface area contributed by atoms with Crippen LogP contribution in [0, 0.1) is 12.7 Å². The molecule has 0 aliphatic heterocycles. The molecule has 2 aromatic carbocycles. The number of benzene rings is 2. The number of hydrogen-bond acceptors (Lipinski definition) is 10. The zero-order valence-corrected chi connectivity index (χ0v) is 22.2. The van der Waals surface area contributed by atoms with E-state index in [1.54, 1.807) is 42.3 Å². The van der Waals surface area contributed by atoms with Gasteiger partial charge < -0.3 is 19.0 Å². The van der Waals surface area contributed by atoms with E-state index < -0.39 is 12.0 Å². The summed E-state index contributed by atoms with van der Waals surface area (Å²) in [5.41, 5.74) is 3.41. The van der Waals surface area contributed by atoms with Crippen molar-refractivity contribution < 1.29 is 23.4 Å². The number of rotatable bonds is 8. The van der Waals surface area contributed by atoms with Crippen LogP contribution in [0.2, 0.25) is 0 Å².